The molecule has 0 aliphatic rings. The van der Waals surface area contributed by atoms with E-state index in [1.807, 2.05) is 0 Å². The maximum Gasteiger partial charge on any atom is 0.164 e. The van der Waals surface area contributed by atoms with Crippen LogP contribution in [0.4, 0.5) is 14.5 Å². The van der Waals surface area contributed by atoms with Gasteiger partial charge in [0, 0.05) is 18.3 Å². The molecular weight excluding hydrogens is 160 g/mol. The summed E-state index contributed by atoms with van der Waals surface area (Å²) in [4.78, 5) is 0. The van der Waals surface area contributed by atoms with Gasteiger partial charge >= 0.3 is 0 Å². The van der Waals surface area contributed by atoms with Gasteiger partial charge in [0.25, 0.3) is 0 Å². The van der Waals surface area contributed by atoms with Crippen molar-refractivity contribution in [2.75, 3.05) is 12.4 Å². The number of anilines is 1. The summed E-state index contributed by atoms with van der Waals surface area (Å²) in [6.45, 7) is 3.09. The molecular formula is C9H11F2N. The Hall–Kier alpha value is -1.12. The molecule has 66 valence electrons. The summed E-state index contributed by atoms with van der Waals surface area (Å²) in [5, 5.41) is 2.80. The van der Waals surface area contributed by atoms with Crippen molar-refractivity contribution in [1.29, 1.82) is 0 Å². The van der Waals surface area contributed by atoms with E-state index in [0.29, 0.717) is 16.8 Å². The van der Waals surface area contributed by atoms with Crippen molar-refractivity contribution in [3.05, 3.63) is 28.8 Å². The maximum absolute atomic E-state index is 13.0. The number of benzene rings is 1. The van der Waals surface area contributed by atoms with E-state index in [0.717, 1.165) is 0 Å². The second kappa shape index (κ2) is 3.09. The van der Waals surface area contributed by atoms with Crippen LogP contribution in [0.15, 0.2) is 6.07 Å². The molecule has 0 amide bonds. The minimum absolute atomic E-state index is 0.320. The normalized spacial score (nSPS) is 10.1. The Morgan fingerprint density at radius 3 is 2.25 bits per heavy atom. The fourth-order valence-electron chi connectivity index (χ4n) is 1.10. The first kappa shape index (κ1) is 8.97. The van der Waals surface area contributed by atoms with E-state index in [1.165, 1.54) is 0 Å². The molecule has 0 saturated carbocycles. The fraction of sp³-hybridized carbons (Fsp3) is 0.333. The zero-order chi connectivity index (χ0) is 9.30. The first-order valence-corrected chi connectivity index (χ1v) is 3.71. The molecule has 1 N–H and O–H groups in total. The molecule has 0 spiro atoms. The number of aryl methyl sites for hydroxylation is 1. The molecule has 0 heterocycles. The van der Waals surface area contributed by atoms with Crippen molar-refractivity contribution in [3.63, 3.8) is 0 Å². The Morgan fingerprint density at radius 2 is 1.75 bits per heavy atom. The van der Waals surface area contributed by atoms with Crippen molar-refractivity contribution in [2.45, 2.75) is 13.8 Å². The van der Waals surface area contributed by atoms with Gasteiger partial charge in [-0.1, -0.05) is 0 Å². The van der Waals surface area contributed by atoms with Gasteiger partial charge in [-0.05, 0) is 25.5 Å². The van der Waals surface area contributed by atoms with E-state index in [2.05, 4.69) is 5.32 Å². The molecule has 0 saturated heterocycles. The van der Waals surface area contributed by atoms with E-state index in [9.17, 15) is 8.78 Å². The minimum Gasteiger partial charge on any atom is -0.388 e. The minimum atomic E-state index is -0.764. The van der Waals surface area contributed by atoms with Gasteiger partial charge < -0.3 is 5.32 Å². The zero-order valence-corrected chi connectivity index (χ0v) is 7.33. The molecule has 0 bridgehead atoms. The summed E-state index contributed by atoms with van der Waals surface area (Å²) in [7, 11) is 1.68. The number of rotatable bonds is 1. The highest BCUT2D eigenvalue weighted by Gasteiger charge is 2.11. The van der Waals surface area contributed by atoms with E-state index >= 15 is 0 Å². The number of halogens is 2. The lowest BCUT2D eigenvalue weighted by atomic mass is 10.1. The van der Waals surface area contributed by atoms with Crippen LogP contribution >= 0.6 is 0 Å². The Labute approximate surface area is 70.4 Å². The summed E-state index contributed by atoms with van der Waals surface area (Å²) >= 11 is 0. The average molecular weight is 171 g/mol. The summed E-state index contributed by atoms with van der Waals surface area (Å²) < 4.78 is 25.9. The monoisotopic (exact) mass is 171 g/mol. The standard InChI is InChI=1S/C9H11F2N/c1-5-4-7(12-3)6(2)9(11)8(5)10/h4,12H,1-3H3. The van der Waals surface area contributed by atoms with Crippen LogP contribution in [0.25, 0.3) is 0 Å². The van der Waals surface area contributed by atoms with E-state index in [-0.39, 0.29) is 0 Å². The Balaban J connectivity index is 3.39. The molecule has 1 nitrogen and oxygen atoms in total. The van der Waals surface area contributed by atoms with Crippen molar-refractivity contribution in [2.24, 2.45) is 0 Å². The lowest BCUT2D eigenvalue weighted by Crippen LogP contribution is -1.99. The van der Waals surface area contributed by atoms with Gasteiger partial charge in [0.05, 0.1) is 0 Å². The van der Waals surface area contributed by atoms with Crippen LogP contribution in [0.5, 0.6) is 0 Å². The molecule has 1 rings (SSSR count). The van der Waals surface area contributed by atoms with Crippen molar-refractivity contribution < 1.29 is 8.78 Å². The van der Waals surface area contributed by atoms with E-state index in [4.69, 9.17) is 0 Å². The van der Waals surface area contributed by atoms with Gasteiger partial charge in [-0.3, -0.25) is 0 Å². The van der Waals surface area contributed by atoms with Crippen molar-refractivity contribution in [1.82, 2.24) is 0 Å². The third-order valence-corrected chi connectivity index (χ3v) is 1.90. The summed E-state index contributed by atoms with van der Waals surface area (Å²) in [6.07, 6.45) is 0. The number of nitrogens with one attached hydrogen (secondary N) is 1. The molecule has 0 fully saturated rings. The number of hydrogen-bond acceptors (Lipinski definition) is 1. The summed E-state index contributed by atoms with van der Waals surface area (Å²) in [6, 6.07) is 1.59. The third kappa shape index (κ3) is 1.26. The molecule has 0 aromatic heterocycles. The molecule has 1 aromatic rings. The molecule has 0 atom stereocenters. The average Bonchev–Trinajstić information content (AvgIpc) is 2.08. The van der Waals surface area contributed by atoms with E-state index in [1.54, 1.807) is 27.0 Å². The largest absolute Gasteiger partial charge is 0.388 e. The van der Waals surface area contributed by atoms with Crippen LogP contribution in [0.1, 0.15) is 11.1 Å². The number of hydrogen-bond donors (Lipinski definition) is 1. The van der Waals surface area contributed by atoms with Crippen LogP contribution in [0, 0.1) is 25.5 Å². The highest BCUT2D eigenvalue weighted by atomic mass is 19.2. The fourth-order valence-corrected chi connectivity index (χ4v) is 1.10. The maximum atomic E-state index is 13.0. The molecule has 0 aliphatic carbocycles. The van der Waals surface area contributed by atoms with Crippen LogP contribution in [-0.4, -0.2) is 7.05 Å². The van der Waals surface area contributed by atoms with Crippen LogP contribution in [0.3, 0.4) is 0 Å². The molecule has 12 heavy (non-hydrogen) atoms. The van der Waals surface area contributed by atoms with Crippen LogP contribution in [-0.2, 0) is 0 Å². The second-order valence-corrected chi connectivity index (χ2v) is 2.74. The molecule has 0 radical (unpaired) electrons. The topological polar surface area (TPSA) is 12.0 Å². The molecule has 1 aromatic carbocycles. The molecule has 3 heteroatoms. The van der Waals surface area contributed by atoms with Gasteiger partial charge in [0.2, 0.25) is 0 Å². The highest BCUT2D eigenvalue weighted by Crippen LogP contribution is 2.22. The second-order valence-electron chi connectivity index (χ2n) is 2.74. The Morgan fingerprint density at radius 1 is 1.17 bits per heavy atom. The Bertz CT molecular complexity index is 308. The third-order valence-electron chi connectivity index (χ3n) is 1.90. The van der Waals surface area contributed by atoms with Crippen LogP contribution in [0.2, 0.25) is 0 Å². The smallest absolute Gasteiger partial charge is 0.164 e. The predicted molar refractivity (Wildman–Crippen MR) is 45.4 cm³/mol. The SMILES string of the molecule is CNc1cc(C)c(F)c(F)c1C. The lowest BCUT2D eigenvalue weighted by molar-refractivity contribution is 0.498. The quantitative estimate of drug-likeness (QED) is 0.684. The van der Waals surface area contributed by atoms with Crippen LogP contribution < -0.4 is 5.32 Å². The van der Waals surface area contributed by atoms with Crippen molar-refractivity contribution >= 4 is 5.69 Å². The Kier molecular flexibility index (Phi) is 2.31. The van der Waals surface area contributed by atoms with Crippen molar-refractivity contribution in [3.8, 4) is 0 Å². The first-order chi connectivity index (χ1) is 5.57. The lowest BCUT2D eigenvalue weighted by Gasteiger charge is -2.08. The van der Waals surface area contributed by atoms with E-state index < -0.39 is 11.6 Å². The molecule has 0 unspecified atom stereocenters. The zero-order valence-electron chi connectivity index (χ0n) is 7.33. The molecule has 0 aliphatic heterocycles. The summed E-state index contributed by atoms with van der Waals surface area (Å²) in [5.74, 6) is -1.52. The van der Waals surface area contributed by atoms with Gasteiger partial charge in [0.15, 0.2) is 11.6 Å². The van der Waals surface area contributed by atoms with Gasteiger partial charge in [-0.2, -0.15) is 0 Å². The predicted octanol–water partition coefficient (Wildman–Crippen LogP) is 2.62. The van der Waals surface area contributed by atoms with Gasteiger partial charge in [-0.15, -0.1) is 0 Å². The highest BCUT2D eigenvalue weighted by molar-refractivity contribution is 5.53. The van der Waals surface area contributed by atoms with Gasteiger partial charge in [-0.25, -0.2) is 8.78 Å². The first-order valence-electron chi connectivity index (χ1n) is 3.71. The summed E-state index contributed by atoms with van der Waals surface area (Å²) in [5.41, 5.74) is 1.27. The van der Waals surface area contributed by atoms with Gasteiger partial charge in [0.1, 0.15) is 0 Å².